The second-order valence-electron chi connectivity index (χ2n) is 4.10. The number of hydrogen-bond acceptors (Lipinski definition) is 4. The highest BCUT2D eigenvalue weighted by atomic mass is 16.1. The Morgan fingerprint density at radius 2 is 1.88 bits per heavy atom. The number of hydrogen-bond donors (Lipinski definition) is 0. The van der Waals surface area contributed by atoms with E-state index in [1.807, 2.05) is 33.8 Å². The fourth-order valence-corrected chi connectivity index (χ4v) is 1.88. The molecule has 0 fully saturated rings. The number of rotatable bonds is 2. The van der Waals surface area contributed by atoms with E-state index >= 15 is 0 Å². The molecule has 0 radical (unpaired) electrons. The monoisotopic (exact) mass is 218 g/mol. The second kappa shape index (κ2) is 4.40. The Bertz CT molecular complexity index is 463. The Labute approximate surface area is 94.5 Å². The van der Waals surface area contributed by atoms with Crippen LogP contribution >= 0.6 is 0 Å². The Hall–Kier alpha value is -1.76. The van der Waals surface area contributed by atoms with Crippen LogP contribution in [-0.4, -0.2) is 23.7 Å². The molecular weight excluding hydrogens is 204 g/mol. The third-order valence-electron chi connectivity index (χ3n) is 3.40. The van der Waals surface area contributed by atoms with Crippen LogP contribution in [0.25, 0.3) is 0 Å². The summed E-state index contributed by atoms with van der Waals surface area (Å²) in [6.45, 7) is 7.48. The van der Waals surface area contributed by atoms with E-state index in [2.05, 4.69) is 9.98 Å². The maximum Gasteiger partial charge on any atom is 0.236 e. The third-order valence-corrected chi connectivity index (χ3v) is 3.40. The molecule has 84 valence electrons. The van der Waals surface area contributed by atoms with Crippen molar-refractivity contribution in [3.63, 3.8) is 0 Å². The SMILES string of the molecule is CC1=CC(N=C=O)C(C)=C(C)C1(C)N=C=O. The van der Waals surface area contributed by atoms with Crippen LogP contribution in [0.4, 0.5) is 0 Å². The minimum atomic E-state index is -0.652. The molecule has 0 N–H and O–H groups in total. The van der Waals surface area contributed by atoms with Crippen LogP contribution < -0.4 is 0 Å². The summed E-state index contributed by atoms with van der Waals surface area (Å²) in [4.78, 5) is 28.3. The summed E-state index contributed by atoms with van der Waals surface area (Å²) in [7, 11) is 0. The lowest BCUT2D eigenvalue weighted by atomic mass is 9.77. The molecule has 0 heterocycles. The van der Waals surface area contributed by atoms with Gasteiger partial charge in [-0.15, -0.1) is 0 Å². The summed E-state index contributed by atoms with van der Waals surface area (Å²) in [6, 6.07) is -0.285. The lowest BCUT2D eigenvalue weighted by molar-refractivity contribution is 0.542. The highest BCUT2D eigenvalue weighted by molar-refractivity contribution is 5.50. The van der Waals surface area contributed by atoms with E-state index < -0.39 is 5.54 Å². The van der Waals surface area contributed by atoms with Crippen LogP contribution in [0.1, 0.15) is 27.7 Å². The van der Waals surface area contributed by atoms with E-state index in [0.717, 1.165) is 16.7 Å². The molecular formula is C12H14N2O2. The van der Waals surface area contributed by atoms with Crippen molar-refractivity contribution in [2.45, 2.75) is 39.3 Å². The van der Waals surface area contributed by atoms with Gasteiger partial charge in [-0.2, -0.15) is 9.98 Å². The van der Waals surface area contributed by atoms with E-state index in [0.29, 0.717) is 0 Å². The number of aliphatic imine (C=N–C) groups is 2. The van der Waals surface area contributed by atoms with Gasteiger partial charge in [-0.3, -0.25) is 0 Å². The van der Waals surface area contributed by atoms with Gasteiger partial charge in [-0.1, -0.05) is 6.08 Å². The average molecular weight is 218 g/mol. The van der Waals surface area contributed by atoms with E-state index in [1.54, 1.807) is 12.2 Å². The maximum absolute atomic E-state index is 10.5. The number of isocyanates is 2. The standard InChI is InChI=1S/C12H14N2O2/c1-8-5-11(13-6-15)9(2)10(3)12(8,4)14-7-16/h5,11H,1-4H3. The molecule has 1 aliphatic carbocycles. The lowest BCUT2D eigenvalue weighted by Crippen LogP contribution is -2.32. The highest BCUT2D eigenvalue weighted by Gasteiger charge is 2.34. The van der Waals surface area contributed by atoms with E-state index in [4.69, 9.17) is 0 Å². The Morgan fingerprint density at radius 1 is 1.25 bits per heavy atom. The van der Waals surface area contributed by atoms with Crippen LogP contribution in [0.3, 0.4) is 0 Å². The molecule has 0 aliphatic heterocycles. The molecule has 0 aromatic carbocycles. The average Bonchev–Trinajstić information content (AvgIpc) is 2.24. The zero-order valence-electron chi connectivity index (χ0n) is 9.87. The largest absolute Gasteiger partial charge is 0.236 e. The zero-order chi connectivity index (χ0) is 12.3. The highest BCUT2D eigenvalue weighted by Crippen LogP contribution is 2.37. The molecule has 4 heteroatoms. The van der Waals surface area contributed by atoms with Crippen molar-refractivity contribution in [1.82, 2.24) is 0 Å². The minimum Gasteiger partial charge on any atom is -0.211 e. The lowest BCUT2D eigenvalue weighted by Gasteiger charge is -2.33. The van der Waals surface area contributed by atoms with Crippen molar-refractivity contribution < 1.29 is 9.59 Å². The zero-order valence-corrected chi connectivity index (χ0v) is 9.87. The van der Waals surface area contributed by atoms with Gasteiger partial charge in [0.2, 0.25) is 12.2 Å². The summed E-state index contributed by atoms with van der Waals surface area (Å²) in [6.07, 6.45) is 4.98. The molecule has 0 saturated carbocycles. The second-order valence-corrected chi connectivity index (χ2v) is 4.10. The van der Waals surface area contributed by atoms with Gasteiger partial charge >= 0.3 is 0 Å². The molecule has 0 bridgehead atoms. The van der Waals surface area contributed by atoms with Crippen molar-refractivity contribution in [1.29, 1.82) is 0 Å². The summed E-state index contributed by atoms with van der Waals surface area (Å²) < 4.78 is 0. The molecule has 1 aliphatic rings. The Balaban J connectivity index is 3.37. The van der Waals surface area contributed by atoms with Gasteiger partial charge in [0.05, 0.1) is 0 Å². The molecule has 0 spiro atoms. The molecule has 0 aromatic heterocycles. The van der Waals surface area contributed by atoms with Crippen molar-refractivity contribution in [2.75, 3.05) is 0 Å². The summed E-state index contributed by atoms with van der Waals surface area (Å²) >= 11 is 0. The van der Waals surface area contributed by atoms with E-state index in [9.17, 15) is 9.59 Å². The van der Waals surface area contributed by atoms with Gasteiger partial charge in [-0.25, -0.2) is 9.59 Å². The van der Waals surface area contributed by atoms with E-state index in [-0.39, 0.29) is 6.04 Å². The van der Waals surface area contributed by atoms with Gasteiger partial charge < -0.3 is 0 Å². The predicted molar refractivity (Wildman–Crippen MR) is 60.6 cm³/mol. The fourth-order valence-electron chi connectivity index (χ4n) is 1.88. The van der Waals surface area contributed by atoms with Crippen molar-refractivity contribution >= 4 is 12.2 Å². The van der Waals surface area contributed by atoms with Gasteiger partial charge in [0.15, 0.2) is 0 Å². The quantitative estimate of drug-likeness (QED) is 0.404. The normalized spacial score (nSPS) is 29.0. The van der Waals surface area contributed by atoms with Crippen molar-refractivity contribution in [3.05, 3.63) is 22.8 Å². The first kappa shape index (κ1) is 12.3. The first-order valence-electron chi connectivity index (χ1n) is 5.00. The number of nitrogens with zero attached hydrogens (tertiary/aromatic N) is 2. The smallest absolute Gasteiger partial charge is 0.211 e. The van der Waals surface area contributed by atoms with Crippen LogP contribution in [0.15, 0.2) is 32.8 Å². The van der Waals surface area contributed by atoms with Gasteiger partial charge in [0, 0.05) is 0 Å². The summed E-state index contributed by atoms with van der Waals surface area (Å²) in [5, 5.41) is 0. The van der Waals surface area contributed by atoms with Gasteiger partial charge in [-0.05, 0) is 44.4 Å². The summed E-state index contributed by atoms with van der Waals surface area (Å²) in [5.41, 5.74) is 2.10. The molecule has 4 nitrogen and oxygen atoms in total. The molecule has 0 aromatic rings. The van der Waals surface area contributed by atoms with Gasteiger partial charge in [0.25, 0.3) is 0 Å². The molecule has 0 saturated heterocycles. The number of carbonyl (C=O) groups excluding carboxylic acids is 2. The first-order chi connectivity index (χ1) is 7.47. The van der Waals surface area contributed by atoms with Crippen LogP contribution in [0, 0.1) is 0 Å². The third kappa shape index (κ3) is 1.81. The summed E-state index contributed by atoms with van der Waals surface area (Å²) in [5.74, 6) is 0. The maximum atomic E-state index is 10.5. The molecule has 0 amide bonds. The van der Waals surface area contributed by atoms with Crippen molar-refractivity contribution in [3.8, 4) is 0 Å². The predicted octanol–water partition coefficient (Wildman–Crippen LogP) is 2.08. The first-order valence-corrected chi connectivity index (χ1v) is 5.00. The van der Waals surface area contributed by atoms with Crippen LogP contribution in [0.5, 0.6) is 0 Å². The molecule has 2 atom stereocenters. The Morgan fingerprint density at radius 3 is 2.38 bits per heavy atom. The van der Waals surface area contributed by atoms with Crippen molar-refractivity contribution in [2.24, 2.45) is 9.98 Å². The topological polar surface area (TPSA) is 58.9 Å². The molecule has 16 heavy (non-hydrogen) atoms. The molecule has 1 rings (SSSR count). The van der Waals surface area contributed by atoms with Gasteiger partial charge in [0.1, 0.15) is 11.6 Å². The molecule has 2 unspecified atom stereocenters. The van der Waals surface area contributed by atoms with E-state index in [1.165, 1.54) is 0 Å². The minimum absolute atomic E-state index is 0.285. The fraction of sp³-hybridized carbons (Fsp3) is 0.500. The Kier molecular flexibility index (Phi) is 3.38. The van der Waals surface area contributed by atoms with Crippen LogP contribution in [-0.2, 0) is 9.59 Å². The van der Waals surface area contributed by atoms with Crippen LogP contribution in [0.2, 0.25) is 0 Å².